The van der Waals surface area contributed by atoms with Gasteiger partial charge in [-0.05, 0) is 45.1 Å². The van der Waals surface area contributed by atoms with Crippen LogP contribution in [0.1, 0.15) is 37.8 Å². The Hall–Kier alpha value is -1.59. The first kappa shape index (κ1) is 20.7. The average molecular weight is 424 g/mol. The highest BCUT2D eigenvalue weighted by molar-refractivity contribution is 9.10. The predicted molar refractivity (Wildman–Crippen MR) is 104 cm³/mol. The van der Waals surface area contributed by atoms with Gasteiger partial charge in [0.05, 0.1) is 5.41 Å². The zero-order valence-corrected chi connectivity index (χ0v) is 17.1. The third-order valence-electron chi connectivity index (χ3n) is 5.00. The van der Waals surface area contributed by atoms with E-state index >= 15 is 0 Å². The average Bonchev–Trinajstić information content (AvgIpc) is 2.62. The second-order valence-electron chi connectivity index (χ2n) is 6.81. The van der Waals surface area contributed by atoms with Crippen LogP contribution in [0.3, 0.4) is 0 Å². The lowest BCUT2D eigenvalue weighted by molar-refractivity contribution is -0.123. The van der Waals surface area contributed by atoms with E-state index in [0.29, 0.717) is 16.5 Å². The Balaban J connectivity index is 2.85. The molecule has 0 saturated carbocycles. The molecule has 5 heteroatoms. The van der Waals surface area contributed by atoms with Gasteiger partial charge in [0.2, 0.25) is 0 Å². The van der Waals surface area contributed by atoms with Crippen molar-refractivity contribution in [1.82, 2.24) is 4.90 Å². The molecule has 0 amide bonds. The second-order valence-corrected chi connectivity index (χ2v) is 7.73. The zero-order chi connectivity index (χ0) is 19.5. The van der Waals surface area contributed by atoms with Crippen LogP contribution in [0, 0.1) is 11.6 Å². The first-order chi connectivity index (χ1) is 12.2. The van der Waals surface area contributed by atoms with Gasteiger partial charge in [0, 0.05) is 22.5 Å². The van der Waals surface area contributed by atoms with Gasteiger partial charge >= 0.3 is 0 Å². The van der Waals surface area contributed by atoms with Gasteiger partial charge in [-0.1, -0.05) is 53.2 Å². The molecule has 0 fully saturated rings. The van der Waals surface area contributed by atoms with Crippen LogP contribution >= 0.6 is 15.9 Å². The van der Waals surface area contributed by atoms with Crippen LogP contribution in [-0.4, -0.2) is 30.8 Å². The molecule has 0 spiro atoms. The van der Waals surface area contributed by atoms with Crippen LogP contribution in [0.5, 0.6) is 0 Å². The van der Waals surface area contributed by atoms with Crippen molar-refractivity contribution in [3.05, 3.63) is 69.7 Å². The van der Waals surface area contributed by atoms with Crippen molar-refractivity contribution < 1.29 is 13.6 Å². The molecule has 0 aliphatic heterocycles. The lowest BCUT2D eigenvalue weighted by Gasteiger charge is -2.38. The SMILES string of the molecule is CCC(=O)[C@](C[C@H](C)N(C)C)(c1ccccc1)c1cc(Br)cc(F)c1F. The smallest absolute Gasteiger partial charge is 0.163 e. The molecule has 0 aliphatic rings. The number of carbonyl (C=O) groups is 1. The summed E-state index contributed by atoms with van der Waals surface area (Å²) >= 11 is 3.25. The fourth-order valence-corrected chi connectivity index (χ4v) is 3.75. The molecule has 0 aliphatic carbocycles. The fraction of sp³-hybridized carbons (Fsp3) is 0.381. The number of rotatable bonds is 7. The third kappa shape index (κ3) is 3.89. The number of carbonyl (C=O) groups excluding carboxylic acids is 1. The number of hydrogen-bond donors (Lipinski definition) is 0. The predicted octanol–water partition coefficient (Wildman–Crippen LogP) is 5.33. The van der Waals surface area contributed by atoms with Crippen LogP contribution in [0.15, 0.2) is 46.9 Å². The largest absolute Gasteiger partial charge is 0.307 e. The van der Waals surface area contributed by atoms with Gasteiger partial charge in [-0.25, -0.2) is 8.78 Å². The van der Waals surface area contributed by atoms with Crippen LogP contribution in [0.2, 0.25) is 0 Å². The van der Waals surface area contributed by atoms with Crippen molar-refractivity contribution in [3.63, 3.8) is 0 Å². The van der Waals surface area contributed by atoms with Gasteiger partial charge in [-0.3, -0.25) is 4.79 Å². The van der Waals surface area contributed by atoms with Crippen molar-refractivity contribution in [1.29, 1.82) is 0 Å². The van der Waals surface area contributed by atoms with Gasteiger partial charge in [0.1, 0.15) is 5.78 Å². The molecule has 2 rings (SSSR count). The maximum atomic E-state index is 14.9. The summed E-state index contributed by atoms with van der Waals surface area (Å²) in [7, 11) is 3.82. The Morgan fingerprint density at radius 1 is 1.19 bits per heavy atom. The molecule has 2 nitrogen and oxygen atoms in total. The van der Waals surface area contributed by atoms with Crippen molar-refractivity contribution in [2.24, 2.45) is 0 Å². The highest BCUT2D eigenvalue weighted by atomic mass is 79.9. The minimum atomic E-state index is -1.26. The Kier molecular flexibility index (Phi) is 6.69. The molecule has 0 unspecified atom stereocenters. The first-order valence-corrected chi connectivity index (χ1v) is 9.43. The van der Waals surface area contributed by atoms with E-state index in [1.807, 2.05) is 56.3 Å². The lowest BCUT2D eigenvalue weighted by atomic mass is 9.66. The standard InChI is InChI=1S/C21H24BrF2NO/c1-5-19(26)21(13-14(2)25(3)4,15-9-7-6-8-10-15)17-11-16(22)12-18(23)20(17)24/h6-12,14H,5,13H2,1-4H3/t14-,21+/m0/s1. The van der Waals surface area contributed by atoms with Crippen LogP contribution in [-0.2, 0) is 10.2 Å². The summed E-state index contributed by atoms with van der Waals surface area (Å²) in [6, 6.07) is 11.7. The molecule has 0 saturated heterocycles. The molecule has 2 aromatic carbocycles. The molecule has 0 bridgehead atoms. The summed E-state index contributed by atoms with van der Waals surface area (Å²) in [5.41, 5.74) is -0.498. The zero-order valence-electron chi connectivity index (χ0n) is 15.5. The molecule has 0 heterocycles. The second kappa shape index (κ2) is 8.40. The van der Waals surface area contributed by atoms with Crippen LogP contribution in [0.4, 0.5) is 8.78 Å². The number of hydrogen-bond acceptors (Lipinski definition) is 2. The monoisotopic (exact) mass is 423 g/mol. The number of Topliss-reactive ketones (excluding diaryl/α,β-unsaturated/α-hetero) is 1. The Morgan fingerprint density at radius 2 is 1.81 bits per heavy atom. The summed E-state index contributed by atoms with van der Waals surface area (Å²) in [5, 5.41) is 0. The topological polar surface area (TPSA) is 20.3 Å². The summed E-state index contributed by atoms with van der Waals surface area (Å²) in [6.45, 7) is 3.74. The number of ketones is 1. The molecule has 2 atom stereocenters. The van der Waals surface area contributed by atoms with Gasteiger partial charge in [0.25, 0.3) is 0 Å². The van der Waals surface area contributed by atoms with Crippen molar-refractivity contribution in [2.45, 2.75) is 38.1 Å². The van der Waals surface area contributed by atoms with Crippen LogP contribution < -0.4 is 0 Å². The first-order valence-electron chi connectivity index (χ1n) is 8.64. The van der Waals surface area contributed by atoms with Crippen LogP contribution in [0.25, 0.3) is 0 Å². The Bertz CT molecular complexity index is 779. The number of halogens is 3. The van der Waals surface area contributed by atoms with Gasteiger partial charge in [-0.15, -0.1) is 0 Å². The van der Waals surface area contributed by atoms with Crippen molar-refractivity contribution in [3.8, 4) is 0 Å². The molecular formula is C21H24BrF2NO. The van der Waals surface area contributed by atoms with E-state index in [1.165, 1.54) is 6.07 Å². The summed E-state index contributed by atoms with van der Waals surface area (Å²) in [4.78, 5) is 15.2. The fourth-order valence-electron chi connectivity index (χ4n) is 3.33. The normalized spacial score (nSPS) is 14.9. The summed E-state index contributed by atoms with van der Waals surface area (Å²) in [5.74, 6) is -2.06. The molecule has 0 aromatic heterocycles. The molecule has 26 heavy (non-hydrogen) atoms. The number of nitrogens with zero attached hydrogens (tertiary/aromatic N) is 1. The molecule has 2 aromatic rings. The minimum Gasteiger partial charge on any atom is -0.307 e. The van der Waals surface area contributed by atoms with E-state index in [9.17, 15) is 13.6 Å². The van der Waals surface area contributed by atoms with E-state index in [2.05, 4.69) is 15.9 Å². The maximum absolute atomic E-state index is 14.9. The van der Waals surface area contributed by atoms with E-state index in [4.69, 9.17) is 0 Å². The van der Waals surface area contributed by atoms with Crippen molar-refractivity contribution in [2.75, 3.05) is 14.1 Å². The van der Waals surface area contributed by atoms with E-state index < -0.39 is 17.0 Å². The highest BCUT2D eigenvalue weighted by Gasteiger charge is 2.44. The summed E-state index contributed by atoms with van der Waals surface area (Å²) in [6.07, 6.45) is 0.576. The highest BCUT2D eigenvalue weighted by Crippen LogP contribution is 2.42. The molecular weight excluding hydrogens is 400 g/mol. The quantitative estimate of drug-likeness (QED) is 0.560. The maximum Gasteiger partial charge on any atom is 0.163 e. The Morgan fingerprint density at radius 3 is 2.35 bits per heavy atom. The third-order valence-corrected chi connectivity index (χ3v) is 5.46. The van der Waals surface area contributed by atoms with Gasteiger partial charge in [-0.2, -0.15) is 0 Å². The molecule has 140 valence electrons. The van der Waals surface area contributed by atoms with E-state index in [-0.39, 0.29) is 23.8 Å². The van der Waals surface area contributed by atoms with E-state index in [0.717, 1.165) is 6.07 Å². The lowest BCUT2D eigenvalue weighted by Crippen LogP contribution is -2.43. The molecule has 0 N–H and O–H groups in total. The molecule has 0 radical (unpaired) electrons. The Labute approximate surface area is 162 Å². The minimum absolute atomic E-state index is 0.0212. The van der Waals surface area contributed by atoms with Gasteiger partial charge in [0.15, 0.2) is 11.6 Å². The van der Waals surface area contributed by atoms with Gasteiger partial charge < -0.3 is 4.90 Å². The number of benzene rings is 2. The van der Waals surface area contributed by atoms with Crippen molar-refractivity contribution >= 4 is 21.7 Å². The van der Waals surface area contributed by atoms with E-state index in [1.54, 1.807) is 6.92 Å². The summed E-state index contributed by atoms with van der Waals surface area (Å²) < 4.78 is 29.6.